The first kappa shape index (κ1) is 15.8. The van der Waals surface area contributed by atoms with E-state index in [2.05, 4.69) is 0 Å². The molecule has 6 heteroatoms. The Kier molecular flexibility index (Phi) is 4.50. The van der Waals surface area contributed by atoms with Gasteiger partial charge in [-0.1, -0.05) is 29.8 Å². The van der Waals surface area contributed by atoms with Crippen LogP contribution in [0.15, 0.2) is 24.3 Å². The van der Waals surface area contributed by atoms with Gasteiger partial charge in [-0.25, -0.2) is 0 Å². The monoisotopic (exact) mass is 294 g/mol. The SMILES string of the molecule is CC(C)(C)C(=O)OC(Cl)c1ccccc1C(F)(F)F. The molecule has 0 fully saturated rings. The second-order valence-corrected chi connectivity index (χ2v) is 5.45. The largest absolute Gasteiger partial charge is 0.441 e. The van der Waals surface area contributed by atoms with Crippen LogP contribution in [0.4, 0.5) is 13.2 Å². The highest BCUT2D eigenvalue weighted by molar-refractivity contribution is 6.20. The summed E-state index contributed by atoms with van der Waals surface area (Å²) in [6.07, 6.45) is -4.54. The Balaban J connectivity index is 3.01. The van der Waals surface area contributed by atoms with Crippen molar-refractivity contribution in [3.05, 3.63) is 35.4 Å². The van der Waals surface area contributed by atoms with Crippen molar-refractivity contribution in [2.45, 2.75) is 32.5 Å². The second-order valence-electron chi connectivity index (χ2n) is 5.06. The molecule has 0 aliphatic heterocycles. The number of carbonyl (C=O) groups is 1. The maximum atomic E-state index is 12.8. The van der Waals surface area contributed by atoms with Crippen LogP contribution < -0.4 is 0 Å². The number of halogens is 4. The summed E-state index contributed by atoms with van der Waals surface area (Å²) in [5, 5.41) is 0. The summed E-state index contributed by atoms with van der Waals surface area (Å²) in [4.78, 5) is 11.6. The van der Waals surface area contributed by atoms with Crippen LogP contribution in [0.2, 0.25) is 0 Å². The molecular weight excluding hydrogens is 281 g/mol. The standard InChI is InChI=1S/C13H14ClF3O2/c1-12(2,3)11(18)19-10(14)8-6-4-5-7-9(8)13(15,16)17/h4-7,10H,1-3H3. The smallest absolute Gasteiger partial charge is 0.416 e. The van der Waals surface area contributed by atoms with Gasteiger partial charge in [0.2, 0.25) is 5.56 Å². The number of benzene rings is 1. The minimum absolute atomic E-state index is 0.269. The molecule has 0 heterocycles. The number of esters is 1. The van der Waals surface area contributed by atoms with E-state index < -0.39 is 28.7 Å². The number of alkyl halides is 4. The molecule has 0 amide bonds. The molecule has 1 aromatic carbocycles. The summed E-state index contributed by atoms with van der Waals surface area (Å²) in [6.45, 7) is 4.78. The average Bonchev–Trinajstić information content (AvgIpc) is 2.26. The lowest BCUT2D eigenvalue weighted by Gasteiger charge is -2.21. The van der Waals surface area contributed by atoms with Gasteiger partial charge in [-0.2, -0.15) is 13.2 Å². The summed E-state index contributed by atoms with van der Waals surface area (Å²) in [6, 6.07) is 4.75. The molecule has 0 saturated heterocycles. The van der Waals surface area contributed by atoms with Gasteiger partial charge < -0.3 is 4.74 Å². The van der Waals surface area contributed by atoms with Gasteiger partial charge in [-0.3, -0.25) is 4.79 Å². The molecule has 0 aliphatic rings. The number of ether oxygens (including phenoxy) is 1. The molecule has 0 aromatic heterocycles. The fourth-order valence-corrected chi connectivity index (χ4v) is 1.56. The van der Waals surface area contributed by atoms with Gasteiger partial charge in [0, 0.05) is 5.56 Å². The maximum Gasteiger partial charge on any atom is 0.416 e. The van der Waals surface area contributed by atoms with Crippen LogP contribution >= 0.6 is 11.6 Å². The maximum absolute atomic E-state index is 12.8. The number of carbonyl (C=O) groups excluding carboxylic acids is 1. The van der Waals surface area contributed by atoms with Gasteiger partial charge in [0.1, 0.15) is 0 Å². The summed E-state index contributed by atoms with van der Waals surface area (Å²) < 4.78 is 43.2. The Bertz CT molecular complexity index is 464. The molecule has 1 rings (SSSR count). The Hall–Kier alpha value is -1.23. The van der Waals surface area contributed by atoms with Gasteiger partial charge in [0.05, 0.1) is 11.0 Å². The molecule has 2 nitrogen and oxygen atoms in total. The fraction of sp³-hybridized carbons (Fsp3) is 0.462. The number of hydrogen-bond acceptors (Lipinski definition) is 2. The fourth-order valence-electron chi connectivity index (χ4n) is 1.29. The van der Waals surface area contributed by atoms with E-state index in [9.17, 15) is 18.0 Å². The van der Waals surface area contributed by atoms with Gasteiger partial charge in [0.25, 0.3) is 0 Å². The third kappa shape index (κ3) is 4.13. The van der Waals surface area contributed by atoms with E-state index in [1.165, 1.54) is 18.2 Å². The molecule has 0 saturated carbocycles. The average molecular weight is 295 g/mol. The van der Waals surface area contributed by atoms with Gasteiger partial charge in [-0.15, -0.1) is 0 Å². The Morgan fingerprint density at radius 1 is 1.21 bits per heavy atom. The van der Waals surface area contributed by atoms with Crippen LogP contribution in [0.5, 0.6) is 0 Å². The summed E-state index contributed by atoms with van der Waals surface area (Å²) in [5.74, 6) is -0.663. The summed E-state index contributed by atoms with van der Waals surface area (Å²) in [5.41, 5.74) is -3.48. The predicted molar refractivity (Wildman–Crippen MR) is 65.6 cm³/mol. The third-order valence-electron chi connectivity index (χ3n) is 2.33. The van der Waals surface area contributed by atoms with Crippen molar-refractivity contribution >= 4 is 17.6 Å². The van der Waals surface area contributed by atoms with E-state index in [0.717, 1.165) is 6.07 Å². The van der Waals surface area contributed by atoms with Crippen molar-refractivity contribution < 1.29 is 22.7 Å². The highest BCUT2D eigenvalue weighted by Gasteiger charge is 2.36. The zero-order valence-electron chi connectivity index (χ0n) is 10.7. The highest BCUT2D eigenvalue weighted by atomic mass is 35.5. The van der Waals surface area contributed by atoms with Crippen molar-refractivity contribution in [1.29, 1.82) is 0 Å². The molecule has 0 bridgehead atoms. The van der Waals surface area contributed by atoms with Crippen LogP contribution in [0, 0.1) is 5.41 Å². The third-order valence-corrected chi connectivity index (χ3v) is 2.66. The molecule has 0 spiro atoms. The topological polar surface area (TPSA) is 26.3 Å². The molecule has 19 heavy (non-hydrogen) atoms. The Morgan fingerprint density at radius 2 is 1.74 bits per heavy atom. The van der Waals surface area contributed by atoms with Gasteiger partial charge in [-0.05, 0) is 26.8 Å². The summed E-state index contributed by atoms with van der Waals surface area (Å²) >= 11 is 5.78. The van der Waals surface area contributed by atoms with Gasteiger partial charge >= 0.3 is 12.1 Å². The van der Waals surface area contributed by atoms with Crippen LogP contribution in [0.1, 0.15) is 37.5 Å². The van der Waals surface area contributed by atoms with E-state index in [-0.39, 0.29) is 5.56 Å². The first-order valence-electron chi connectivity index (χ1n) is 5.55. The van der Waals surface area contributed by atoms with Crippen LogP contribution in [0.25, 0.3) is 0 Å². The number of rotatable bonds is 2. The molecule has 1 atom stereocenters. The molecule has 1 unspecified atom stereocenters. The van der Waals surface area contributed by atoms with E-state index >= 15 is 0 Å². The first-order chi connectivity index (χ1) is 8.53. The van der Waals surface area contributed by atoms with Crippen LogP contribution in [-0.4, -0.2) is 5.97 Å². The minimum atomic E-state index is -4.54. The Morgan fingerprint density at radius 3 is 2.21 bits per heavy atom. The molecule has 106 valence electrons. The van der Waals surface area contributed by atoms with E-state index in [1.807, 2.05) is 0 Å². The van der Waals surface area contributed by atoms with Crippen molar-refractivity contribution in [3.8, 4) is 0 Å². The van der Waals surface area contributed by atoms with Crippen molar-refractivity contribution in [2.24, 2.45) is 5.41 Å². The van der Waals surface area contributed by atoms with Crippen molar-refractivity contribution in [1.82, 2.24) is 0 Å². The van der Waals surface area contributed by atoms with E-state index in [4.69, 9.17) is 16.3 Å². The molecule has 1 aromatic rings. The van der Waals surface area contributed by atoms with Crippen molar-refractivity contribution in [2.75, 3.05) is 0 Å². The van der Waals surface area contributed by atoms with E-state index in [0.29, 0.717) is 0 Å². The lowest BCUT2D eigenvalue weighted by molar-refractivity contribution is -0.156. The highest BCUT2D eigenvalue weighted by Crippen LogP contribution is 2.37. The van der Waals surface area contributed by atoms with Crippen molar-refractivity contribution in [3.63, 3.8) is 0 Å². The van der Waals surface area contributed by atoms with E-state index in [1.54, 1.807) is 20.8 Å². The zero-order valence-corrected chi connectivity index (χ0v) is 11.5. The van der Waals surface area contributed by atoms with Gasteiger partial charge in [0.15, 0.2) is 0 Å². The molecular formula is C13H14ClF3O2. The minimum Gasteiger partial charge on any atom is -0.441 e. The zero-order chi connectivity index (χ0) is 14.8. The lowest BCUT2D eigenvalue weighted by Crippen LogP contribution is -2.24. The quantitative estimate of drug-likeness (QED) is 0.591. The molecule has 0 N–H and O–H groups in total. The lowest BCUT2D eigenvalue weighted by atomic mass is 9.97. The first-order valence-corrected chi connectivity index (χ1v) is 5.98. The number of hydrogen-bond donors (Lipinski definition) is 0. The second kappa shape index (κ2) is 5.41. The molecule has 0 radical (unpaired) electrons. The van der Waals surface area contributed by atoms with Crippen LogP contribution in [-0.2, 0) is 15.7 Å². The predicted octanol–water partition coefficient (Wildman–Crippen LogP) is 4.53. The Labute approximate surface area is 114 Å². The normalized spacial score (nSPS) is 14.1. The summed E-state index contributed by atoms with van der Waals surface area (Å²) in [7, 11) is 0. The molecule has 0 aliphatic carbocycles. The van der Waals surface area contributed by atoms with Crippen LogP contribution in [0.3, 0.4) is 0 Å².